The number of benzene rings is 5. The van der Waals surface area contributed by atoms with Crippen molar-refractivity contribution in [3.05, 3.63) is 162 Å². The average molecular weight is 584 g/mol. The van der Waals surface area contributed by atoms with Crippen molar-refractivity contribution >= 4 is 16.9 Å². The number of para-hydroxylation sites is 1. The fraction of sp³-hybridized carbons (Fsp3) is 0.132. The maximum Gasteiger partial charge on any atom is 0.341 e. The number of rotatable bonds is 12. The summed E-state index contributed by atoms with van der Waals surface area (Å²) in [5.41, 5.74) is 4.53. The van der Waals surface area contributed by atoms with E-state index in [-0.39, 0.29) is 0 Å². The number of carboxylic acids is 1. The summed E-state index contributed by atoms with van der Waals surface area (Å²) >= 11 is 0. The molecule has 44 heavy (non-hydrogen) atoms. The molecule has 6 heteroatoms. The Hall–Kier alpha value is -5.49. The molecule has 0 aliphatic carbocycles. The van der Waals surface area contributed by atoms with Crippen molar-refractivity contribution in [2.45, 2.75) is 25.7 Å². The Morgan fingerprint density at radius 3 is 1.91 bits per heavy atom. The maximum absolute atomic E-state index is 11.0. The molecule has 1 unspecified atom stereocenters. The molecular formula is C38H33NO5. The van der Waals surface area contributed by atoms with Gasteiger partial charge in [0.2, 0.25) is 0 Å². The van der Waals surface area contributed by atoms with Gasteiger partial charge in [0.1, 0.15) is 19.0 Å². The van der Waals surface area contributed by atoms with Crippen LogP contribution in [0.5, 0.6) is 17.2 Å². The minimum absolute atomic E-state index is 0.394. The first kappa shape index (κ1) is 28.6. The molecule has 1 heterocycles. The van der Waals surface area contributed by atoms with Gasteiger partial charge in [0.25, 0.3) is 0 Å². The minimum Gasteiger partial charge on any atom is -0.485 e. The van der Waals surface area contributed by atoms with Gasteiger partial charge in [-0.05, 0) is 71.0 Å². The van der Waals surface area contributed by atoms with E-state index in [0.717, 1.165) is 33.2 Å². The van der Waals surface area contributed by atoms with Gasteiger partial charge in [0, 0.05) is 11.7 Å². The van der Waals surface area contributed by atoms with E-state index in [4.69, 9.17) is 19.3 Å². The number of nitrogens with zero attached hydrogens (tertiary/aromatic N) is 1. The van der Waals surface area contributed by atoms with Crippen LogP contribution in [0.3, 0.4) is 0 Å². The van der Waals surface area contributed by atoms with Crippen LogP contribution in [-0.4, -0.2) is 22.2 Å². The van der Waals surface area contributed by atoms with Crippen molar-refractivity contribution < 1.29 is 24.1 Å². The van der Waals surface area contributed by atoms with Crippen molar-refractivity contribution in [1.82, 2.24) is 4.57 Å². The molecule has 0 amide bonds. The lowest BCUT2D eigenvalue weighted by Crippen LogP contribution is -2.32. The van der Waals surface area contributed by atoms with Gasteiger partial charge in [-0.15, -0.1) is 0 Å². The van der Waals surface area contributed by atoms with E-state index in [0.29, 0.717) is 30.5 Å². The Kier molecular flexibility index (Phi) is 8.32. The van der Waals surface area contributed by atoms with Crippen LogP contribution in [0.1, 0.15) is 29.2 Å². The van der Waals surface area contributed by atoms with Crippen molar-refractivity contribution in [2.75, 3.05) is 6.61 Å². The number of carbonyl (C=O) groups is 1. The van der Waals surface area contributed by atoms with Crippen LogP contribution >= 0.6 is 0 Å². The predicted molar refractivity (Wildman–Crippen MR) is 171 cm³/mol. The standard InChI is InChI=1S/C38H33NO5/c1-38(39-23-22-30-14-8-9-15-34(30)39,31-16-19-33(20-17-31)42-27-37(40)41)32-18-21-35(43-25-28-10-4-2-5-11-28)36(24-32)44-26-29-12-6-3-7-13-29/h2-24H,25-27H2,1H3,(H,40,41). The molecule has 1 N–H and O–H groups in total. The normalized spacial score (nSPS) is 12.4. The molecular weight excluding hydrogens is 550 g/mol. The monoisotopic (exact) mass is 583 g/mol. The summed E-state index contributed by atoms with van der Waals surface area (Å²) in [4.78, 5) is 11.0. The number of ether oxygens (including phenoxy) is 3. The van der Waals surface area contributed by atoms with Crippen LogP contribution in [0.15, 0.2) is 140 Å². The molecule has 1 aromatic heterocycles. The Morgan fingerprint density at radius 2 is 1.25 bits per heavy atom. The molecule has 6 rings (SSSR count). The summed E-state index contributed by atoms with van der Waals surface area (Å²) < 4.78 is 20.5. The molecule has 6 aromatic rings. The number of fused-ring (bicyclic) bond motifs is 1. The van der Waals surface area contributed by atoms with Crippen LogP contribution in [0.2, 0.25) is 0 Å². The quantitative estimate of drug-likeness (QED) is 0.158. The van der Waals surface area contributed by atoms with E-state index in [1.807, 2.05) is 103 Å². The molecule has 6 nitrogen and oxygen atoms in total. The van der Waals surface area contributed by atoms with Gasteiger partial charge in [0.15, 0.2) is 18.1 Å². The summed E-state index contributed by atoms with van der Waals surface area (Å²) in [5.74, 6) is 0.778. The van der Waals surface area contributed by atoms with Crippen molar-refractivity contribution in [2.24, 2.45) is 0 Å². The third-order valence-corrected chi connectivity index (χ3v) is 7.84. The zero-order chi connectivity index (χ0) is 30.4. The first-order valence-corrected chi connectivity index (χ1v) is 14.5. The number of hydrogen-bond donors (Lipinski definition) is 1. The molecule has 0 bridgehead atoms. The van der Waals surface area contributed by atoms with Gasteiger partial charge in [-0.2, -0.15) is 0 Å². The molecule has 0 saturated heterocycles. The fourth-order valence-corrected chi connectivity index (χ4v) is 5.45. The van der Waals surface area contributed by atoms with E-state index >= 15 is 0 Å². The van der Waals surface area contributed by atoms with E-state index in [1.54, 1.807) is 0 Å². The lowest BCUT2D eigenvalue weighted by molar-refractivity contribution is -0.139. The second kappa shape index (κ2) is 12.8. The SMILES string of the molecule is CC(c1ccc(OCC(=O)O)cc1)(c1ccc(OCc2ccccc2)c(OCc2ccccc2)c1)n1ccc2ccccc21. The Balaban J connectivity index is 1.43. The van der Waals surface area contributed by atoms with Gasteiger partial charge >= 0.3 is 5.97 Å². The van der Waals surface area contributed by atoms with Crippen molar-refractivity contribution in [1.29, 1.82) is 0 Å². The van der Waals surface area contributed by atoms with E-state index in [9.17, 15) is 4.79 Å². The van der Waals surface area contributed by atoms with E-state index < -0.39 is 18.1 Å². The number of aliphatic carboxylic acids is 1. The number of aromatic nitrogens is 1. The number of carboxylic acid groups (broad SMARTS) is 1. The summed E-state index contributed by atoms with van der Waals surface area (Å²) in [6.45, 7) is 2.59. The molecule has 5 aromatic carbocycles. The van der Waals surface area contributed by atoms with Crippen LogP contribution in [-0.2, 0) is 23.5 Å². The van der Waals surface area contributed by atoms with E-state index in [1.165, 1.54) is 0 Å². The van der Waals surface area contributed by atoms with Crippen LogP contribution < -0.4 is 14.2 Å². The molecule has 0 radical (unpaired) electrons. The fourth-order valence-electron chi connectivity index (χ4n) is 5.45. The first-order valence-electron chi connectivity index (χ1n) is 14.5. The molecule has 0 fully saturated rings. The van der Waals surface area contributed by atoms with Crippen molar-refractivity contribution in [3.63, 3.8) is 0 Å². The Morgan fingerprint density at radius 1 is 0.659 bits per heavy atom. The highest BCUT2D eigenvalue weighted by molar-refractivity contribution is 5.81. The topological polar surface area (TPSA) is 69.9 Å². The summed E-state index contributed by atoms with van der Waals surface area (Å²) in [5, 5.41) is 10.2. The first-order chi connectivity index (χ1) is 21.5. The van der Waals surface area contributed by atoms with Gasteiger partial charge in [-0.25, -0.2) is 4.79 Å². The summed E-state index contributed by atoms with van der Waals surface area (Å²) in [6.07, 6.45) is 2.10. The van der Waals surface area contributed by atoms with E-state index in [2.05, 4.69) is 48.0 Å². The molecule has 0 spiro atoms. The smallest absolute Gasteiger partial charge is 0.341 e. The highest BCUT2D eigenvalue weighted by Crippen LogP contribution is 2.41. The van der Waals surface area contributed by atoms with Gasteiger partial charge in [-0.1, -0.05) is 97.1 Å². The highest BCUT2D eigenvalue weighted by Gasteiger charge is 2.33. The highest BCUT2D eigenvalue weighted by atomic mass is 16.5. The zero-order valence-corrected chi connectivity index (χ0v) is 24.4. The van der Waals surface area contributed by atoms with Crippen LogP contribution in [0.4, 0.5) is 0 Å². The average Bonchev–Trinajstić information content (AvgIpc) is 3.51. The van der Waals surface area contributed by atoms with Gasteiger partial charge in [0.05, 0.1) is 5.54 Å². The minimum atomic E-state index is -1.02. The van der Waals surface area contributed by atoms with Gasteiger partial charge in [-0.3, -0.25) is 0 Å². The second-order valence-corrected chi connectivity index (χ2v) is 10.7. The predicted octanol–water partition coefficient (Wildman–Crippen LogP) is 8.07. The van der Waals surface area contributed by atoms with Gasteiger partial charge < -0.3 is 23.9 Å². The Bertz CT molecular complexity index is 1850. The zero-order valence-electron chi connectivity index (χ0n) is 24.4. The summed E-state index contributed by atoms with van der Waals surface area (Å²) in [6, 6.07) is 44.2. The third kappa shape index (κ3) is 6.15. The Labute approximate surface area is 256 Å². The molecule has 220 valence electrons. The lowest BCUT2D eigenvalue weighted by atomic mass is 9.83. The molecule has 0 aliphatic rings. The van der Waals surface area contributed by atoms with Crippen LogP contribution in [0, 0.1) is 0 Å². The van der Waals surface area contributed by atoms with Crippen molar-refractivity contribution in [3.8, 4) is 17.2 Å². The maximum atomic E-state index is 11.0. The molecule has 1 atom stereocenters. The third-order valence-electron chi connectivity index (χ3n) is 7.84. The number of hydrogen-bond acceptors (Lipinski definition) is 4. The molecule has 0 aliphatic heterocycles. The summed E-state index contributed by atoms with van der Waals surface area (Å²) in [7, 11) is 0. The lowest BCUT2D eigenvalue weighted by Gasteiger charge is -2.34. The van der Waals surface area contributed by atoms with Crippen LogP contribution in [0.25, 0.3) is 10.9 Å². The molecule has 0 saturated carbocycles. The second-order valence-electron chi connectivity index (χ2n) is 10.7. The largest absolute Gasteiger partial charge is 0.485 e.